The fourth-order valence-electron chi connectivity index (χ4n) is 2.15. The van der Waals surface area contributed by atoms with Crippen LogP contribution in [-0.4, -0.2) is 27.5 Å². The molecule has 0 amide bonds. The highest BCUT2D eigenvalue weighted by molar-refractivity contribution is 5.34. The predicted molar refractivity (Wildman–Crippen MR) is 77.5 cm³/mol. The molecule has 1 heterocycles. The molecule has 20 heavy (non-hydrogen) atoms. The van der Waals surface area contributed by atoms with Crippen molar-refractivity contribution in [2.75, 3.05) is 6.61 Å². The Labute approximate surface area is 119 Å². The number of nitrogens with zero attached hydrogens (tertiary/aromatic N) is 2. The Bertz CT molecular complexity index is 552. The van der Waals surface area contributed by atoms with Crippen LogP contribution in [0.2, 0.25) is 0 Å². The fourth-order valence-corrected chi connectivity index (χ4v) is 2.15. The van der Waals surface area contributed by atoms with Gasteiger partial charge in [-0.1, -0.05) is 18.2 Å². The zero-order chi connectivity index (χ0) is 14.5. The molecule has 1 aromatic carbocycles. The Morgan fingerprint density at radius 1 is 1.40 bits per heavy atom. The van der Waals surface area contributed by atoms with Gasteiger partial charge in [0.25, 0.3) is 0 Å². The van der Waals surface area contributed by atoms with E-state index < -0.39 is 0 Å². The number of ether oxygens (including phenoxy) is 1. The number of rotatable bonds is 6. The number of para-hydroxylation sites is 1. The molecule has 108 valence electrons. The first-order chi connectivity index (χ1) is 9.61. The summed E-state index contributed by atoms with van der Waals surface area (Å²) >= 11 is 0. The SMILES string of the molecule is CC(N)C(Oc1ccccc1CCO)c1cnn(C)c1. The van der Waals surface area contributed by atoms with Crippen LogP contribution in [0, 0.1) is 0 Å². The van der Waals surface area contributed by atoms with E-state index in [9.17, 15) is 0 Å². The summed E-state index contributed by atoms with van der Waals surface area (Å²) in [6, 6.07) is 7.53. The molecule has 0 bridgehead atoms. The van der Waals surface area contributed by atoms with Crippen LogP contribution in [-0.2, 0) is 13.5 Å². The largest absolute Gasteiger partial charge is 0.484 e. The maximum absolute atomic E-state index is 9.11. The first-order valence-corrected chi connectivity index (χ1v) is 6.71. The van der Waals surface area contributed by atoms with Gasteiger partial charge < -0.3 is 15.6 Å². The van der Waals surface area contributed by atoms with Gasteiger partial charge in [0, 0.05) is 31.5 Å². The number of aryl methyl sites for hydroxylation is 1. The van der Waals surface area contributed by atoms with Gasteiger partial charge in [0.2, 0.25) is 0 Å². The van der Waals surface area contributed by atoms with Crippen molar-refractivity contribution in [2.45, 2.75) is 25.5 Å². The summed E-state index contributed by atoms with van der Waals surface area (Å²) in [7, 11) is 1.86. The normalized spacial score (nSPS) is 14.0. The van der Waals surface area contributed by atoms with E-state index in [1.807, 2.05) is 44.4 Å². The van der Waals surface area contributed by atoms with Crippen LogP contribution in [0.3, 0.4) is 0 Å². The van der Waals surface area contributed by atoms with E-state index in [4.69, 9.17) is 15.6 Å². The average molecular weight is 275 g/mol. The van der Waals surface area contributed by atoms with Gasteiger partial charge in [-0.05, 0) is 25.0 Å². The van der Waals surface area contributed by atoms with Crippen molar-refractivity contribution in [3.8, 4) is 5.75 Å². The zero-order valence-corrected chi connectivity index (χ0v) is 11.9. The van der Waals surface area contributed by atoms with Crippen LogP contribution in [0.4, 0.5) is 0 Å². The standard InChI is InChI=1S/C15H21N3O2/c1-11(16)15(13-9-17-18(2)10-13)20-14-6-4-3-5-12(14)7-8-19/h3-6,9-11,15,19H,7-8,16H2,1-2H3. The molecule has 1 aromatic heterocycles. The number of aromatic nitrogens is 2. The second-order valence-electron chi connectivity index (χ2n) is 4.93. The first-order valence-electron chi connectivity index (χ1n) is 6.71. The van der Waals surface area contributed by atoms with E-state index >= 15 is 0 Å². The molecule has 0 aliphatic heterocycles. The Morgan fingerprint density at radius 2 is 2.15 bits per heavy atom. The van der Waals surface area contributed by atoms with Gasteiger partial charge in [0.15, 0.2) is 0 Å². The molecule has 2 rings (SSSR count). The van der Waals surface area contributed by atoms with E-state index in [-0.39, 0.29) is 18.8 Å². The molecule has 0 saturated carbocycles. The molecule has 3 N–H and O–H groups in total. The van der Waals surface area contributed by atoms with Crippen LogP contribution < -0.4 is 10.5 Å². The van der Waals surface area contributed by atoms with Crippen molar-refractivity contribution in [2.24, 2.45) is 12.8 Å². The minimum Gasteiger partial charge on any atom is -0.484 e. The third-order valence-corrected chi connectivity index (χ3v) is 3.14. The van der Waals surface area contributed by atoms with Gasteiger partial charge in [-0.25, -0.2) is 0 Å². The van der Waals surface area contributed by atoms with Gasteiger partial charge in [-0.3, -0.25) is 4.68 Å². The van der Waals surface area contributed by atoms with Crippen molar-refractivity contribution < 1.29 is 9.84 Å². The number of nitrogens with two attached hydrogens (primary N) is 1. The highest BCUT2D eigenvalue weighted by atomic mass is 16.5. The molecule has 2 atom stereocenters. The van der Waals surface area contributed by atoms with Crippen molar-refractivity contribution in [3.05, 3.63) is 47.8 Å². The molecule has 5 heteroatoms. The Kier molecular flexibility index (Phi) is 4.76. The van der Waals surface area contributed by atoms with Crippen molar-refractivity contribution >= 4 is 0 Å². The number of hydrogen-bond acceptors (Lipinski definition) is 4. The quantitative estimate of drug-likeness (QED) is 0.836. The lowest BCUT2D eigenvalue weighted by Crippen LogP contribution is -2.29. The zero-order valence-electron chi connectivity index (χ0n) is 11.9. The minimum absolute atomic E-state index is 0.0934. The molecule has 0 fully saturated rings. The highest BCUT2D eigenvalue weighted by Gasteiger charge is 2.20. The van der Waals surface area contributed by atoms with Crippen LogP contribution in [0.25, 0.3) is 0 Å². The van der Waals surface area contributed by atoms with Crippen molar-refractivity contribution in [1.29, 1.82) is 0 Å². The first kappa shape index (κ1) is 14.6. The van der Waals surface area contributed by atoms with E-state index in [1.54, 1.807) is 10.9 Å². The maximum atomic E-state index is 9.11. The number of aliphatic hydroxyl groups is 1. The predicted octanol–water partition coefficient (Wildman–Crippen LogP) is 1.42. The summed E-state index contributed by atoms with van der Waals surface area (Å²) in [5.41, 5.74) is 7.96. The van der Waals surface area contributed by atoms with Gasteiger partial charge in [0.05, 0.1) is 6.20 Å². The van der Waals surface area contributed by atoms with Crippen LogP contribution in [0.15, 0.2) is 36.7 Å². The summed E-state index contributed by atoms with van der Waals surface area (Å²) in [6.07, 6.45) is 3.98. The third kappa shape index (κ3) is 3.37. The van der Waals surface area contributed by atoms with Gasteiger partial charge in [0.1, 0.15) is 11.9 Å². The molecule has 2 unspecified atom stereocenters. The number of hydrogen-bond donors (Lipinski definition) is 2. The second kappa shape index (κ2) is 6.54. The lowest BCUT2D eigenvalue weighted by atomic mass is 10.1. The maximum Gasteiger partial charge on any atom is 0.141 e. The molecule has 0 spiro atoms. The molecular weight excluding hydrogens is 254 g/mol. The van der Waals surface area contributed by atoms with Gasteiger partial charge in [-0.15, -0.1) is 0 Å². The molecule has 5 nitrogen and oxygen atoms in total. The highest BCUT2D eigenvalue weighted by Crippen LogP contribution is 2.27. The summed E-state index contributed by atoms with van der Waals surface area (Å²) in [5.74, 6) is 0.757. The summed E-state index contributed by atoms with van der Waals surface area (Å²) in [6.45, 7) is 2.00. The molecule has 0 aliphatic rings. The van der Waals surface area contributed by atoms with Gasteiger partial charge >= 0.3 is 0 Å². The Balaban J connectivity index is 2.25. The molecule has 0 saturated heterocycles. The molecule has 0 aliphatic carbocycles. The van der Waals surface area contributed by atoms with E-state index in [0.29, 0.717) is 6.42 Å². The molecular formula is C15H21N3O2. The summed E-state index contributed by atoms with van der Waals surface area (Å²) < 4.78 is 7.80. The van der Waals surface area contributed by atoms with Crippen molar-refractivity contribution in [3.63, 3.8) is 0 Å². The summed E-state index contributed by atoms with van der Waals surface area (Å²) in [5, 5.41) is 13.3. The second-order valence-corrected chi connectivity index (χ2v) is 4.93. The molecule has 0 radical (unpaired) electrons. The van der Waals surface area contributed by atoms with E-state index in [0.717, 1.165) is 16.9 Å². The Hall–Kier alpha value is -1.85. The lowest BCUT2D eigenvalue weighted by Gasteiger charge is -2.23. The average Bonchev–Trinajstić information content (AvgIpc) is 2.84. The van der Waals surface area contributed by atoms with Crippen molar-refractivity contribution in [1.82, 2.24) is 9.78 Å². The number of aliphatic hydroxyl groups excluding tert-OH is 1. The smallest absolute Gasteiger partial charge is 0.141 e. The topological polar surface area (TPSA) is 73.3 Å². The Morgan fingerprint density at radius 3 is 2.75 bits per heavy atom. The lowest BCUT2D eigenvalue weighted by molar-refractivity contribution is 0.177. The fraction of sp³-hybridized carbons (Fsp3) is 0.400. The summed E-state index contributed by atoms with van der Waals surface area (Å²) in [4.78, 5) is 0. The van der Waals surface area contributed by atoms with Crippen LogP contribution >= 0.6 is 0 Å². The minimum atomic E-state index is -0.261. The number of benzene rings is 1. The monoisotopic (exact) mass is 275 g/mol. The van der Waals surface area contributed by atoms with E-state index in [2.05, 4.69) is 5.10 Å². The van der Waals surface area contributed by atoms with Crippen LogP contribution in [0.5, 0.6) is 5.75 Å². The van der Waals surface area contributed by atoms with Gasteiger partial charge in [-0.2, -0.15) is 5.10 Å². The van der Waals surface area contributed by atoms with E-state index in [1.165, 1.54) is 0 Å². The van der Waals surface area contributed by atoms with Crippen LogP contribution in [0.1, 0.15) is 24.2 Å². The molecule has 2 aromatic rings. The third-order valence-electron chi connectivity index (χ3n) is 3.14.